The van der Waals surface area contributed by atoms with E-state index in [0.717, 1.165) is 0 Å². The highest BCUT2D eigenvalue weighted by Gasteiger charge is 2.35. The first-order chi connectivity index (χ1) is 16.2. The van der Waals surface area contributed by atoms with Crippen molar-refractivity contribution in [2.45, 2.75) is 31.3 Å². The van der Waals surface area contributed by atoms with E-state index in [1.807, 2.05) is 0 Å². The zero-order chi connectivity index (χ0) is 24.5. The number of methoxy groups -OCH3 is 1. The molecule has 0 bridgehead atoms. The van der Waals surface area contributed by atoms with Crippen LogP contribution in [0, 0.1) is 5.92 Å². The third-order valence-electron chi connectivity index (χ3n) is 5.93. The first-order valence-electron chi connectivity index (χ1n) is 10.9. The van der Waals surface area contributed by atoms with Gasteiger partial charge in [-0.15, -0.1) is 0 Å². The van der Waals surface area contributed by atoms with Crippen molar-refractivity contribution in [3.63, 3.8) is 0 Å². The van der Waals surface area contributed by atoms with Gasteiger partial charge in [0, 0.05) is 18.7 Å². The number of ether oxygens (including phenoxy) is 2. The van der Waals surface area contributed by atoms with Gasteiger partial charge < -0.3 is 19.7 Å². The minimum Gasteiger partial charge on any atom is -0.497 e. The summed E-state index contributed by atoms with van der Waals surface area (Å²) in [6.45, 7) is 2.53. The van der Waals surface area contributed by atoms with Crippen molar-refractivity contribution in [1.82, 2.24) is 14.7 Å². The van der Waals surface area contributed by atoms with E-state index in [-0.39, 0.29) is 42.3 Å². The molecule has 0 spiro atoms. The molecule has 2 aliphatic rings. The van der Waals surface area contributed by atoms with Crippen LogP contribution in [0.5, 0.6) is 5.75 Å². The summed E-state index contributed by atoms with van der Waals surface area (Å²) >= 11 is 0. The molecule has 0 radical (unpaired) electrons. The largest absolute Gasteiger partial charge is 0.497 e. The molecule has 3 heterocycles. The Hall–Kier alpha value is -3.41. The number of nitrogens with one attached hydrogen (secondary N) is 1. The maximum atomic E-state index is 12.9. The number of carbonyl (C=O) groups is 3. The number of hydrogen-bond donors (Lipinski definition) is 1. The molecule has 11 nitrogen and oxygen atoms in total. The minimum atomic E-state index is -3.38. The number of amides is 2. The number of aromatic nitrogens is 2. The van der Waals surface area contributed by atoms with Gasteiger partial charge in [-0.1, -0.05) is 0 Å². The van der Waals surface area contributed by atoms with Crippen molar-refractivity contribution in [1.29, 1.82) is 0 Å². The number of hydrogen-bond acceptors (Lipinski definition) is 8. The van der Waals surface area contributed by atoms with Crippen LogP contribution in [0.2, 0.25) is 0 Å². The predicted octanol–water partition coefficient (Wildman–Crippen LogP) is 1.05. The lowest BCUT2D eigenvalue weighted by Gasteiger charge is -2.30. The number of carbonyl (C=O) groups excluding carboxylic acids is 3. The summed E-state index contributed by atoms with van der Waals surface area (Å²) in [5.41, 5.74) is 1.29. The maximum absolute atomic E-state index is 12.9. The van der Waals surface area contributed by atoms with Crippen LogP contribution in [-0.2, 0) is 40.5 Å². The van der Waals surface area contributed by atoms with Crippen LogP contribution in [0.4, 0.5) is 5.82 Å². The summed E-state index contributed by atoms with van der Waals surface area (Å²) in [6, 6.07) is 6.85. The van der Waals surface area contributed by atoms with Crippen molar-refractivity contribution < 1.29 is 32.3 Å². The predicted molar refractivity (Wildman–Crippen MR) is 121 cm³/mol. The average molecular weight is 491 g/mol. The second-order valence-electron chi connectivity index (χ2n) is 8.19. The number of piperidine rings is 1. The van der Waals surface area contributed by atoms with Gasteiger partial charge in [0.1, 0.15) is 11.6 Å². The summed E-state index contributed by atoms with van der Waals surface area (Å²) in [6.07, 6.45) is 0.824. The van der Waals surface area contributed by atoms with Gasteiger partial charge in [-0.2, -0.15) is 5.10 Å². The zero-order valence-corrected chi connectivity index (χ0v) is 19.8. The number of nitrogens with zero attached hydrogens (tertiary/aromatic N) is 3. The SMILES string of the molecule is CCOC(=O)C1CCN(C(=O)C(=O)Nc2c3c(nn2-c2ccc(OC)cc2)CS(=O)(=O)C3)CC1. The topological polar surface area (TPSA) is 137 Å². The summed E-state index contributed by atoms with van der Waals surface area (Å²) < 4.78 is 35.9. The van der Waals surface area contributed by atoms with Gasteiger partial charge in [0.15, 0.2) is 9.84 Å². The summed E-state index contributed by atoms with van der Waals surface area (Å²) in [5, 5.41) is 6.98. The van der Waals surface area contributed by atoms with E-state index in [2.05, 4.69) is 10.4 Å². The molecule has 1 N–H and O–H groups in total. The highest BCUT2D eigenvalue weighted by atomic mass is 32.2. The van der Waals surface area contributed by atoms with Crippen LogP contribution in [0.3, 0.4) is 0 Å². The van der Waals surface area contributed by atoms with Gasteiger partial charge in [-0.3, -0.25) is 14.4 Å². The van der Waals surface area contributed by atoms with E-state index in [9.17, 15) is 22.8 Å². The molecule has 1 aromatic heterocycles. The van der Waals surface area contributed by atoms with Gasteiger partial charge >= 0.3 is 17.8 Å². The standard InChI is InChI=1S/C22H26N4O7S/c1-3-33-22(29)14-8-10-25(11-9-14)21(28)20(27)23-19-17-12-34(30,31)13-18(17)24-26(19)15-4-6-16(32-2)7-5-15/h4-7,14H,3,8-13H2,1-2H3,(H,23,27). The molecule has 1 saturated heterocycles. The van der Waals surface area contributed by atoms with Crippen molar-refractivity contribution in [2.24, 2.45) is 5.92 Å². The van der Waals surface area contributed by atoms with E-state index in [1.54, 1.807) is 31.2 Å². The Morgan fingerprint density at radius 2 is 1.79 bits per heavy atom. The molecule has 0 atom stereocenters. The van der Waals surface area contributed by atoms with Gasteiger partial charge in [0.2, 0.25) is 0 Å². The van der Waals surface area contributed by atoms with Crippen molar-refractivity contribution >= 4 is 33.4 Å². The zero-order valence-electron chi connectivity index (χ0n) is 18.9. The van der Waals surface area contributed by atoms with Gasteiger partial charge in [-0.05, 0) is 44.0 Å². The lowest BCUT2D eigenvalue weighted by Crippen LogP contribution is -2.45. The molecule has 0 unspecified atom stereocenters. The van der Waals surface area contributed by atoms with E-state index < -0.39 is 21.7 Å². The average Bonchev–Trinajstić information content (AvgIpc) is 3.31. The Kier molecular flexibility index (Phi) is 6.60. The Morgan fingerprint density at radius 3 is 2.41 bits per heavy atom. The lowest BCUT2D eigenvalue weighted by atomic mass is 9.97. The summed E-state index contributed by atoms with van der Waals surface area (Å²) in [4.78, 5) is 39.0. The highest BCUT2D eigenvalue weighted by molar-refractivity contribution is 7.90. The van der Waals surface area contributed by atoms with Gasteiger partial charge in [0.25, 0.3) is 0 Å². The molecule has 2 aromatic rings. The van der Waals surface area contributed by atoms with Crippen LogP contribution < -0.4 is 10.1 Å². The highest BCUT2D eigenvalue weighted by Crippen LogP contribution is 2.33. The Bertz CT molecular complexity index is 1210. The fraction of sp³-hybridized carbons (Fsp3) is 0.455. The fourth-order valence-corrected chi connectivity index (χ4v) is 5.66. The number of sulfone groups is 1. The number of rotatable bonds is 5. The molecule has 1 aromatic carbocycles. The number of esters is 1. The van der Waals surface area contributed by atoms with Crippen LogP contribution >= 0.6 is 0 Å². The third kappa shape index (κ3) is 4.76. The monoisotopic (exact) mass is 490 g/mol. The second-order valence-corrected chi connectivity index (χ2v) is 10.3. The number of fused-ring (bicyclic) bond motifs is 1. The van der Waals surface area contributed by atoms with Crippen molar-refractivity contribution in [3.05, 3.63) is 35.5 Å². The molecule has 4 rings (SSSR count). The van der Waals surface area contributed by atoms with Crippen molar-refractivity contribution in [3.8, 4) is 11.4 Å². The second kappa shape index (κ2) is 9.45. The van der Waals surface area contributed by atoms with Crippen LogP contribution in [0.25, 0.3) is 5.69 Å². The van der Waals surface area contributed by atoms with E-state index >= 15 is 0 Å². The molecule has 0 saturated carbocycles. The molecule has 34 heavy (non-hydrogen) atoms. The first kappa shape index (κ1) is 23.7. The molecular weight excluding hydrogens is 464 g/mol. The van der Waals surface area contributed by atoms with Crippen LogP contribution in [0.15, 0.2) is 24.3 Å². The van der Waals surface area contributed by atoms with E-state index in [0.29, 0.717) is 42.1 Å². The van der Waals surface area contributed by atoms with Gasteiger partial charge in [0.05, 0.1) is 42.5 Å². The fourth-order valence-electron chi connectivity index (χ4n) is 4.16. The normalized spacial score (nSPS) is 17.2. The molecule has 0 aliphatic carbocycles. The summed E-state index contributed by atoms with van der Waals surface area (Å²) in [5.74, 6) is -1.96. The third-order valence-corrected chi connectivity index (χ3v) is 7.37. The lowest BCUT2D eigenvalue weighted by molar-refractivity contribution is -0.152. The van der Waals surface area contributed by atoms with Crippen LogP contribution in [-0.4, -0.2) is 67.7 Å². The number of anilines is 1. The summed E-state index contributed by atoms with van der Waals surface area (Å²) in [7, 11) is -1.84. The van der Waals surface area contributed by atoms with Gasteiger partial charge in [-0.25, -0.2) is 13.1 Å². The number of benzene rings is 1. The van der Waals surface area contributed by atoms with E-state index in [1.165, 1.54) is 16.7 Å². The Labute approximate surface area is 196 Å². The molecule has 1 fully saturated rings. The molecule has 2 aliphatic heterocycles. The maximum Gasteiger partial charge on any atom is 0.315 e. The first-order valence-corrected chi connectivity index (χ1v) is 12.8. The quantitative estimate of drug-likeness (QED) is 0.485. The Balaban J connectivity index is 1.53. The Morgan fingerprint density at radius 1 is 1.12 bits per heavy atom. The molecular formula is C22H26N4O7S. The molecule has 12 heteroatoms. The van der Waals surface area contributed by atoms with Crippen molar-refractivity contribution in [2.75, 3.05) is 32.1 Å². The minimum absolute atomic E-state index is 0.154. The van der Waals surface area contributed by atoms with Crippen LogP contribution in [0.1, 0.15) is 31.0 Å². The van der Waals surface area contributed by atoms with E-state index in [4.69, 9.17) is 9.47 Å². The molecule has 182 valence electrons. The smallest absolute Gasteiger partial charge is 0.315 e. The number of likely N-dealkylation sites (tertiary alicyclic amines) is 1. The molecule has 2 amide bonds.